The van der Waals surface area contributed by atoms with Gasteiger partial charge in [0.2, 0.25) is 0 Å². The lowest BCUT2D eigenvalue weighted by Crippen LogP contribution is -2.26. The fourth-order valence-corrected chi connectivity index (χ4v) is 4.61. The zero-order valence-corrected chi connectivity index (χ0v) is 18.2. The van der Waals surface area contributed by atoms with Crippen molar-refractivity contribution < 1.29 is 5.11 Å². The van der Waals surface area contributed by atoms with E-state index in [9.17, 15) is 5.11 Å². The monoisotopic (exact) mass is 428 g/mol. The van der Waals surface area contributed by atoms with E-state index in [-0.39, 0.29) is 17.9 Å². The zero-order chi connectivity index (χ0) is 21.0. The molecule has 9 heteroatoms. The Morgan fingerprint density at radius 2 is 2.07 bits per heavy atom. The normalized spacial score (nSPS) is 13.4. The zero-order valence-electron chi connectivity index (χ0n) is 16.6. The van der Waals surface area contributed by atoms with Gasteiger partial charge >= 0.3 is 0 Å². The highest BCUT2D eigenvalue weighted by atomic mass is 32.2. The van der Waals surface area contributed by atoms with Crippen molar-refractivity contribution >= 4 is 44.4 Å². The predicted molar refractivity (Wildman–Crippen MR) is 119 cm³/mol. The maximum atomic E-state index is 9.75. The molecule has 2 aromatic heterocycles. The van der Waals surface area contributed by atoms with Gasteiger partial charge in [0, 0.05) is 5.25 Å². The summed E-state index contributed by atoms with van der Waals surface area (Å²) in [6.45, 7) is 6.29. The van der Waals surface area contributed by atoms with Crippen molar-refractivity contribution in [2.24, 2.45) is 5.92 Å². The van der Waals surface area contributed by atoms with Crippen molar-refractivity contribution in [1.29, 1.82) is 5.26 Å². The number of nitrogen functional groups attached to an aromatic ring is 1. The second-order valence-electron chi connectivity index (χ2n) is 7.21. The molecule has 3 aromatic rings. The van der Waals surface area contributed by atoms with E-state index >= 15 is 0 Å². The molecule has 7 nitrogen and oxygen atoms in total. The number of benzene rings is 1. The first kappa shape index (κ1) is 21.3. The van der Waals surface area contributed by atoms with Crippen molar-refractivity contribution in [3.05, 3.63) is 35.4 Å². The second kappa shape index (κ2) is 9.39. The molecule has 152 valence electrons. The first-order valence-corrected chi connectivity index (χ1v) is 11.1. The molecule has 0 aliphatic carbocycles. The largest absolute Gasteiger partial charge is 0.394 e. The molecule has 0 fully saturated rings. The van der Waals surface area contributed by atoms with Crippen LogP contribution in [0.2, 0.25) is 0 Å². The van der Waals surface area contributed by atoms with Crippen LogP contribution < -0.4 is 11.1 Å². The van der Waals surface area contributed by atoms with Gasteiger partial charge in [-0.15, -0.1) is 0 Å². The maximum Gasteiger partial charge on any atom is 0.192 e. The molecule has 2 heterocycles. The average molecular weight is 429 g/mol. The molecule has 3 rings (SSSR count). The van der Waals surface area contributed by atoms with Crippen LogP contribution in [0.5, 0.6) is 0 Å². The molecule has 0 spiro atoms. The lowest BCUT2D eigenvalue weighted by Gasteiger charge is -2.19. The predicted octanol–water partition coefficient (Wildman–Crippen LogP) is 4.21. The second-order valence-corrected chi connectivity index (χ2v) is 9.55. The van der Waals surface area contributed by atoms with E-state index in [1.165, 1.54) is 23.1 Å². The third-order valence-electron chi connectivity index (χ3n) is 4.33. The van der Waals surface area contributed by atoms with E-state index in [0.29, 0.717) is 33.2 Å². The number of nitrogens with zero attached hydrogens (tertiary/aromatic N) is 4. The Balaban J connectivity index is 1.91. The van der Waals surface area contributed by atoms with Crippen LogP contribution in [0.25, 0.3) is 10.3 Å². The van der Waals surface area contributed by atoms with Crippen LogP contribution in [0.3, 0.4) is 0 Å². The van der Waals surface area contributed by atoms with Crippen LogP contribution in [0.1, 0.15) is 43.6 Å². The van der Waals surface area contributed by atoms with Crippen LogP contribution in [0.15, 0.2) is 29.4 Å². The minimum absolute atomic E-state index is 0.0117. The Kier molecular flexibility index (Phi) is 6.90. The molecular formula is C20H24N6OS2. The van der Waals surface area contributed by atoms with Crippen molar-refractivity contribution in [1.82, 2.24) is 15.0 Å². The third-order valence-corrected chi connectivity index (χ3v) is 6.23. The van der Waals surface area contributed by atoms with Gasteiger partial charge in [0.15, 0.2) is 21.8 Å². The van der Waals surface area contributed by atoms with Crippen molar-refractivity contribution in [3.8, 4) is 6.07 Å². The smallest absolute Gasteiger partial charge is 0.192 e. The van der Waals surface area contributed by atoms with Gasteiger partial charge in [-0.25, -0.2) is 15.0 Å². The molecule has 0 saturated heterocycles. The van der Waals surface area contributed by atoms with E-state index in [2.05, 4.69) is 35.2 Å². The van der Waals surface area contributed by atoms with Crippen LogP contribution in [-0.2, 0) is 0 Å². The Bertz CT molecular complexity index is 1030. The minimum atomic E-state index is -0.112. The highest BCUT2D eigenvalue weighted by molar-refractivity contribution is 7.99. The van der Waals surface area contributed by atoms with Crippen LogP contribution >= 0.6 is 23.1 Å². The highest BCUT2D eigenvalue weighted by Gasteiger charge is 2.19. The summed E-state index contributed by atoms with van der Waals surface area (Å²) in [5.74, 6) is 1.08. The van der Waals surface area contributed by atoms with Gasteiger partial charge in [-0.05, 0) is 37.0 Å². The van der Waals surface area contributed by atoms with Gasteiger partial charge in [0.25, 0.3) is 0 Å². The lowest BCUT2D eigenvalue weighted by molar-refractivity contribution is 0.259. The number of fused-ring (bicyclic) bond motifs is 1. The number of aliphatic hydroxyl groups excluding tert-OH is 1. The molecule has 0 saturated carbocycles. The number of nitrogens with two attached hydrogens (primary N) is 1. The number of aliphatic hydroxyl groups is 1. The molecule has 0 aliphatic heterocycles. The average Bonchev–Trinajstić information content (AvgIpc) is 3.07. The first-order chi connectivity index (χ1) is 13.9. The SMILES string of the molecule is CC(C)CC(CO)Nc1nc(SC(C)c2cccc(C#N)c2)nc2nc(N)sc12. The summed E-state index contributed by atoms with van der Waals surface area (Å²) in [6, 6.07) is 9.58. The number of hydrogen-bond donors (Lipinski definition) is 3. The first-order valence-electron chi connectivity index (χ1n) is 9.37. The summed E-state index contributed by atoms with van der Waals surface area (Å²) in [5, 5.41) is 23.3. The van der Waals surface area contributed by atoms with Gasteiger partial charge in [0.1, 0.15) is 4.70 Å². The summed E-state index contributed by atoms with van der Waals surface area (Å²) in [7, 11) is 0. The molecular weight excluding hydrogens is 404 g/mol. The van der Waals surface area contributed by atoms with Crippen LogP contribution in [0, 0.1) is 17.2 Å². The van der Waals surface area contributed by atoms with E-state index in [1.807, 2.05) is 25.1 Å². The topological polar surface area (TPSA) is 121 Å². The number of rotatable bonds is 8. The molecule has 1 aromatic carbocycles. The molecule has 29 heavy (non-hydrogen) atoms. The van der Waals surface area contributed by atoms with E-state index < -0.39 is 0 Å². The van der Waals surface area contributed by atoms with Gasteiger partial charge in [-0.1, -0.05) is 49.1 Å². The molecule has 0 amide bonds. The molecule has 0 aliphatic rings. The summed E-state index contributed by atoms with van der Waals surface area (Å²) in [4.78, 5) is 13.6. The quantitative estimate of drug-likeness (QED) is 0.360. The Morgan fingerprint density at radius 1 is 1.28 bits per heavy atom. The summed E-state index contributed by atoms with van der Waals surface area (Å²) in [5.41, 5.74) is 8.10. The molecule has 2 unspecified atom stereocenters. The Morgan fingerprint density at radius 3 is 2.76 bits per heavy atom. The number of nitriles is 1. The number of nitrogens with one attached hydrogen (secondary N) is 1. The number of thiazole rings is 1. The minimum Gasteiger partial charge on any atom is -0.394 e. The van der Waals surface area contributed by atoms with E-state index in [1.54, 1.807) is 6.07 Å². The molecule has 2 atom stereocenters. The highest BCUT2D eigenvalue weighted by Crippen LogP contribution is 2.37. The molecule has 0 radical (unpaired) electrons. The molecule has 0 bridgehead atoms. The maximum absolute atomic E-state index is 9.75. The lowest BCUT2D eigenvalue weighted by atomic mass is 10.0. The number of aromatic nitrogens is 3. The Labute approximate surface area is 178 Å². The van der Waals surface area contributed by atoms with Crippen LogP contribution in [0.4, 0.5) is 10.9 Å². The van der Waals surface area contributed by atoms with E-state index in [4.69, 9.17) is 16.0 Å². The fourth-order valence-electron chi connectivity index (χ4n) is 3.00. The summed E-state index contributed by atoms with van der Waals surface area (Å²) in [6.07, 6.45) is 0.816. The summed E-state index contributed by atoms with van der Waals surface area (Å²) >= 11 is 2.82. The molecule has 4 N–H and O–H groups in total. The summed E-state index contributed by atoms with van der Waals surface area (Å²) < 4.78 is 0.785. The standard InChI is InChI=1S/C20H24N6OS2/c1-11(2)7-15(10-27)23-17-16-18(24-19(22)29-16)26-20(25-17)28-12(3)14-6-4-5-13(8-14)9-21/h4-6,8,11-12,15,27H,7,10H2,1-3H3,(H3,22,23,24,25,26). The van der Waals surface area contributed by atoms with Crippen molar-refractivity contribution in [2.75, 3.05) is 17.7 Å². The van der Waals surface area contributed by atoms with Gasteiger partial charge in [0.05, 0.1) is 24.3 Å². The number of hydrogen-bond acceptors (Lipinski definition) is 9. The van der Waals surface area contributed by atoms with Crippen molar-refractivity contribution in [3.63, 3.8) is 0 Å². The van der Waals surface area contributed by atoms with Gasteiger partial charge in [-0.3, -0.25) is 0 Å². The number of anilines is 2. The van der Waals surface area contributed by atoms with Crippen LogP contribution in [-0.4, -0.2) is 32.7 Å². The Hall–Kier alpha value is -2.41. The van der Waals surface area contributed by atoms with Crippen molar-refractivity contribution in [2.45, 2.75) is 43.6 Å². The fraction of sp³-hybridized carbons (Fsp3) is 0.400. The van der Waals surface area contributed by atoms with Gasteiger partial charge < -0.3 is 16.2 Å². The van der Waals surface area contributed by atoms with Gasteiger partial charge in [-0.2, -0.15) is 5.26 Å². The number of thioether (sulfide) groups is 1. The third kappa shape index (κ3) is 5.35. The van der Waals surface area contributed by atoms with E-state index in [0.717, 1.165) is 16.7 Å².